The molecule has 0 spiro atoms. The van der Waals surface area contributed by atoms with Gasteiger partial charge in [-0.15, -0.1) is 0 Å². The number of anilines is 1. The van der Waals surface area contributed by atoms with Gasteiger partial charge in [-0.3, -0.25) is 4.79 Å². The van der Waals surface area contributed by atoms with Crippen molar-refractivity contribution in [3.8, 4) is 0 Å². The molecule has 2 heterocycles. The van der Waals surface area contributed by atoms with E-state index < -0.39 is 5.97 Å². The van der Waals surface area contributed by atoms with Gasteiger partial charge in [-0.1, -0.05) is 0 Å². The molecule has 0 aliphatic carbocycles. The van der Waals surface area contributed by atoms with Crippen LogP contribution in [0.5, 0.6) is 0 Å². The van der Waals surface area contributed by atoms with E-state index in [4.69, 9.17) is 5.11 Å². The molecule has 1 amide bonds. The van der Waals surface area contributed by atoms with E-state index in [0.29, 0.717) is 23.7 Å². The van der Waals surface area contributed by atoms with Crippen LogP contribution >= 0.6 is 11.5 Å². The molecule has 1 fully saturated rings. The summed E-state index contributed by atoms with van der Waals surface area (Å²) in [4.78, 5) is 22.0. The summed E-state index contributed by atoms with van der Waals surface area (Å²) in [6, 6.07) is -0.0505. The van der Waals surface area contributed by atoms with E-state index in [0.717, 1.165) is 11.5 Å². The molecule has 0 saturated carbocycles. The normalized spacial score (nSPS) is 19.6. The smallest absolute Gasteiger partial charge is 0.340 e. The molecule has 1 aliphatic rings. The lowest BCUT2D eigenvalue weighted by Gasteiger charge is -2.09. The predicted octanol–water partition coefficient (Wildman–Crippen LogP) is 0.450. The maximum Gasteiger partial charge on any atom is 0.340 e. The molecule has 0 bridgehead atoms. The largest absolute Gasteiger partial charge is 0.478 e. The minimum Gasteiger partial charge on any atom is -0.478 e. The Hall–Kier alpha value is -1.63. The maximum atomic E-state index is 11.0. The number of carbonyl (C=O) groups excluding carboxylic acids is 1. The lowest BCUT2D eigenvalue weighted by Crippen LogP contribution is -2.22. The number of rotatable bonds is 3. The van der Waals surface area contributed by atoms with Gasteiger partial charge in [0.15, 0.2) is 0 Å². The molecule has 1 saturated heterocycles. The van der Waals surface area contributed by atoms with Gasteiger partial charge >= 0.3 is 5.97 Å². The van der Waals surface area contributed by atoms with E-state index in [9.17, 15) is 9.59 Å². The Labute approximate surface area is 95.8 Å². The van der Waals surface area contributed by atoms with E-state index in [2.05, 4.69) is 15.0 Å². The Kier molecular flexibility index (Phi) is 2.78. The Bertz CT molecular complexity index is 443. The van der Waals surface area contributed by atoms with Crippen LogP contribution in [0.3, 0.4) is 0 Å². The first-order valence-corrected chi connectivity index (χ1v) is 5.58. The van der Waals surface area contributed by atoms with Gasteiger partial charge in [0.1, 0.15) is 10.6 Å². The molecule has 0 aromatic carbocycles. The lowest BCUT2D eigenvalue weighted by atomic mass is 10.2. The second-order valence-electron chi connectivity index (χ2n) is 3.63. The van der Waals surface area contributed by atoms with E-state index >= 15 is 0 Å². The molecule has 1 atom stereocenters. The summed E-state index contributed by atoms with van der Waals surface area (Å²) in [6.45, 7) is 2.18. The second kappa shape index (κ2) is 4.09. The van der Waals surface area contributed by atoms with Crippen molar-refractivity contribution in [3.05, 3.63) is 11.3 Å². The number of carboxylic acid groups (broad SMARTS) is 1. The van der Waals surface area contributed by atoms with Crippen molar-refractivity contribution in [1.29, 1.82) is 0 Å². The minimum atomic E-state index is -0.994. The van der Waals surface area contributed by atoms with Crippen molar-refractivity contribution in [3.63, 3.8) is 0 Å². The van der Waals surface area contributed by atoms with Crippen LogP contribution in [0.15, 0.2) is 0 Å². The van der Waals surface area contributed by atoms with Crippen LogP contribution in [-0.2, 0) is 4.79 Å². The zero-order valence-electron chi connectivity index (χ0n) is 8.61. The summed E-state index contributed by atoms with van der Waals surface area (Å²) >= 11 is 1.11. The molecule has 16 heavy (non-hydrogen) atoms. The number of carboxylic acids is 1. The molecule has 1 aromatic rings. The van der Waals surface area contributed by atoms with Crippen molar-refractivity contribution in [2.75, 3.05) is 11.9 Å². The number of carbonyl (C=O) groups is 2. The summed E-state index contributed by atoms with van der Waals surface area (Å²) in [5, 5.41) is 15.2. The number of aryl methyl sites for hydroxylation is 1. The van der Waals surface area contributed by atoms with Gasteiger partial charge in [-0.25, -0.2) is 4.79 Å². The highest BCUT2D eigenvalue weighted by Gasteiger charge is 2.25. The maximum absolute atomic E-state index is 11.0. The van der Waals surface area contributed by atoms with Gasteiger partial charge in [0.05, 0.1) is 11.7 Å². The summed E-state index contributed by atoms with van der Waals surface area (Å²) in [5.74, 6) is -1.01. The van der Waals surface area contributed by atoms with Crippen LogP contribution in [0.25, 0.3) is 0 Å². The highest BCUT2D eigenvalue weighted by molar-refractivity contribution is 7.10. The Morgan fingerprint density at radius 2 is 2.44 bits per heavy atom. The zero-order chi connectivity index (χ0) is 11.7. The molecule has 1 unspecified atom stereocenters. The average molecular weight is 241 g/mol. The van der Waals surface area contributed by atoms with E-state index in [1.54, 1.807) is 6.92 Å². The molecular weight excluding hydrogens is 230 g/mol. The third-order valence-corrected chi connectivity index (χ3v) is 3.26. The third kappa shape index (κ3) is 1.99. The van der Waals surface area contributed by atoms with Crippen molar-refractivity contribution >= 4 is 28.4 Å². The number of nitrogens with one attached hydrogen (secondary N) is 2. The number of amides is 1. The second-order valence-corrected chi connectivity index (χ2v) is 4.40. The first-order valence-electron chi connectivity index (χ1n) is 4.80. The van der Waals surface area contributed by atoms with Crippen molar-refractivity contribution < 1.29 is 14.7 Å². The van der Waals surface area contributed by atoms with Gasteiger partial charge < -0.3 is 15.7 Å². The number of nitrogens with zero attached hydrogens (tertiary/aromatic N) is 1. The standard InChI is InChI=1S/C9H11N3O3S/c1-4-7(9(14)15)8(16-12-4)11-5-2-6(13)10-3-5/h5,11H,2-3H2,1H3,(H,10,13)(H,14,15). The average Bonchev–Trinajstić information content (AvgIpc) is 2.74. The Balaban J connectivity index is 2.15. The molecule has 2 rings (SSSR count). The van der Waals surface area contributed by atoms with Crippen LogP contribution in [0.1, 0.15) is 22.5 Å². The Morgan fingerprint density at radius 3 is 3.00 bits per heavy atom. The fourth-order valence-corrected chi connectivity index (χ4v) is 2.48. The summed E-state index contributed by atoms with van der Waals surface area (Å²) in [5.41, 5.74) is 0.696. The number of hydrogen-bond donors (Lipinski definition) is 3. The molecule has 1 aromatic heterocycles. The lowest BCUT2D eigenvalue weighted by molar-refractivity contribution is -0.119. The quantitative estimate of drug-likeness (QED) is 0.714. The molecule has 0 radical (unpaired) electrons. The summed E-state index contributed by atoms with van der Waals surface area (Å²) < 4.78 is 3.99. The first-order chi connectivity index (χ1) is 7.58. The van der Waals surface area contributed by atoms with Crippen LogP contribution in [-0.4, -0.2) is 33.9 Å². The number of aromatic carboxylic acids is 1. The van der Waals surface area contributed by atoms with Crippen molar-refractivity contribution in [2.24, 2.45) is 0 Å². The van der Waals surface area contributed by atoms with Crippen LogP contribution < -0.4 is 10.6 Å². The third-order valence-electron chi connectivity index (χ3n) is 2.39. The SMILES string of the molecule is Cc1nsc(NC2CNC(=O)C2)c1C(=O)O. The first kappa shape index (κ1) is 10.9. The summed E-state index contributed by atoms with van der Waals surface area (Å²) in [7, 11) is 0. The topological polar surface area (TPSA) is 91.3 Å². The number of hydrogen-bond acceptors (Lipinski definition) is 5. The van der Waals surface area contributed by atoms with E-state index in [-0.39, 0.29) is 17.5 Å². The molecule has 1 aliphatic heterocycles. The van der Waals surface area contributed by atoms with Crippen LogP contribution in [0.2, 0.25) is 0 Å². The molecule has 86 valence electrons. The van der Waals surface area contributed by atoms with Gasteiger partial charge in [-0.05, 0) is 18.5 Å². The van der Waals surface area contributed by atoms with E-state index in [1.807, 2.05) is 0 Å². The fourth-order valence-electron chi connectivity index (χ4n) is 1.61. The van der Waals surface area contributed by atoms with E-state index in [1.165, 1.54) is 0 Å². The van der Waals surface area contributed by atoms with Crippen LogP contribution in [0.4, 0.5) is 5.00 Å². The molecule has 7 heteroatoms. The van der Waals surface area contributed by atoms with Gasteiger partial charge in [-0.2, -0.15) is 4.37 Å². The summed E-state index contributed by atoms with van der Waals surface area (Å²) in [6.07, 6.45) is 0.371. The van der Waals surface area contributed by atoms with Gasteiger partial charge in [0.2, 0.25) is 5.91 Å². The predicted molar refractivity (Wildman–Crippen MR) is 58.8 cm³/mol. The molecule has 6 nitrogen and oxygen atoms in total. The van der Waals surface area contributed by atoms with Crippen molar-refractivity contribution in [2.45, 2.75) is 19.4 Å². The van der Waals surface area contributed by atoms with Gasteiger partial charge in [0, 0.05) is 13.0 Å². The zero-order valence-corrected chi connectivity index (χ0v) is 9.43. The Morgan fingerprint density at radius 1 is 1.69 bits per heavy atom. The van der Waals surface area contributed by atoms with Crippen LogP contribution in [0, 0.1) is 6.92 Å². The fraction of sp³-hybridized carbons (Fsp3) is 0.444. The molecular formula is C9H11N3O3S. The van der Waals surface area contributed by atoms with Gasteiger partial charge in [0.25, 0.3) is 0 Å². The minimum absolute atomic E-state index is 0.0180. The monoisotopic (exact) mass is 241 g/mol. The molecule has 3 N–H and O–H groups in total. The highest BCUT2D eigenvalue weighted by Crippen LogP contribution is 2.25. The number of aromatic nitrogens is 1. The highest BCUT2D eigenvalue weighted by atomic mass is 32.1. The van der Waals surface area contributed by atoms with Crippen molar-refractivity contribution in [1.82, 2.24) is 9.69 Å².